The fourth-order valence-corrected chi connectivity index (χ4v) is 5.06. The number of carbonyl (C=O) groups is 2. The lowest BCUT2D eigenvalue weighted by Gasteiger charge is -2.31. The van der Waals surface area contributed by atoms with Gasteiger partial charge in [0, 0.05) is 11.3 Å². The lowest BCUT2D eigenvalue weighted by Crippen LogP contribution is -2.33. The van der Waals surface area contributed by atoms with E-state index in [0.29, 0.717) is 16.4 Å². The molecule has 0 radical (unpaired) electrons. The summed E-state index contributed by atoms with van der Waals surface area (Å²) < 4.78 is 7.35. The number of ketones is 1. The first-order valence-corrected chi connectivity index (χ1v) is 12.8. The van der Waals surface area contributed by atoms with E-state index in [-0.39, 0.29) is 23.5 Å². The number of benzene rings is 2. The molecule has 35 heavy (non-hydrogen) atoms. The molecule has 1 saturated heterocycles. The fraction of sp³-hybridized carbons (Fsp3) is 0.385. The molecule has 1 unspecified atom stereocenters. The summed E-state index contributed by atoms with van der Waals surface area (Å²) >= 11 is 1.32. The zero-order valence-electron chi connectivity index (χ0n) is 20.4. The fourth-order valence-electron chi connectivity index (χ4n) is 4.30. The van der Waals surface area contributed by atoms with Gasteiger partial charge in [-0.1, -0.05) is 30.3 Å². The van der Waals surface area contributed by atoms with Crippen LogP contribution in [0.5, 0.6) is 5.75 Å². The molecule has 9 heteroatoms. The van der Waals surface area contributed by atoms with Gasteiger partial charge in [-0.2, -0.15) is 0 Å². The Morgan fingerprint density at radius 2 is 1.77 bits per heavy atom. The van der Waals surface area contributed by atoms with Crippen LogP contribution >= 0.6 is 11.8 Å². The Bertz CT molecular complexity index is 1170. The Labute approximate surface area is 210 Å². The number of anilines is 1. The van der Waals surface area contributed by atoms with E-state index in [2.05, 4.69) is 27.3 Å². The number of nitrogens with one attached hydrogen (secondary N) is 1. The van der Waals surface area contributed by atoms with Gasteiger partial charge in [0.25, 0.3) is 0 Å². The van der Waals surface area contributed by atoms with Crippen LogP contribution in [0.3, 0.4) is 0 Å². The first-order valence-electron chi connectivity index (χ1n) is 11.8. The lowest BCUT2D eigenvalue weighted by atomic mass is 10.1. The molecule has 0 aliphatic carbocycles. The summed E-state index contributed by atoms with van der Waals surface area (Å²) in [5.74, 6) is 1.45. The molecule has 3 aromatic rings. The van der Waals surface area contributed by atoms with Gasteiger partial charge in [-0.05, 0) is 76.2 Å². The predicted molar refractivity (Wildman–Crippen MR) is 138 cm³/mol. The van der Waals surface area contributed by atoms with Crippen LogP contribution in [0.2, 0.25) is 0 Å². The Hall–Kier alpha value is -3.17. The number of aromatic nitrogens is 3. The molecule has 1 N–H and O–H groups in total. The number of methoxy groups -OCH3 is 1. The van der Waals surface area contributed by atoms with Crippen molar-refractivity contribution in [2.75, 3.05) is 31.3 Å². The number of para-hydroxylation sites is 1. The summed E-state index contributed by atoms with van der Waals surface area (Å²) in [4.78, 5) is 27.1. The van der Waals surface area contributed by atoms with Crippen molar-refractivity contribution in [2.24, 2.45) is 0 Å². The molecule has 1 aromatic heterocycles. The molecule has 2 aromatic carbocycles. The molecule has 1 amide bonds. The van der Waals surface area contributed by atoms with Crippen LogP contribution in [-0.2, 0) is 4.79 Å². The topological polar surface area (TPSA) is 89.3 Å². The van der Waals surface area contributed by atoms with Crippen LogP contribution in [-0.4, -0.2) is 57.3 Å². The highest BCUT2D eigenvalue weighted by Crippen LogP contribution is 2.30. The maximum absolute atomic E-state index is 12.8. The molecule has 1 aliphatic rings. The highest BCUT2D eigenvalue weighted by molar-refractivity contribution is 7.99. The number of nitrogens with zero attached hydrogens (tertiary/aromatic N) is 4. The normalized spacial score (nSPS) is 14.9. The molecule has 1 fully saturated rings. The molecular weight excluding hydrogens is 462 g/mol. The maximum atomic E-state index is 12.8. The number of piperidine rings is 1. The number of amides is 1. The van der Waals surface area contributed by atoms with Gasteiger partial charge in [0.1, 0.15) is 5.75 Å². The Morgan fingerprint density at radius 3 is 2.46 bits per heavy atom. The average Bonchev–Trinajstić information content (AvgIpc) is 3.31. The minimum absolute atomic E-state index is 0.0931. The Balaban J connectivity index is 1.56. The smallest absolute Gasteiger partial charge is 0.234 e. The molecule has 0 bridgehead atoms. The van der Waals surface area contributed by atoms with Crippen molar-refractivity contribution in [2.45, 2.75) is 44.3 Å². The molecular formula is C26H31N5O3S. The monoisotopic (exact) mass is 493 g/mol. The minimum atomic E-state index is -0.210. The van der Waals surface area contributed by atoms with Crippen molar-refractivity contribution in [1.29, 1.82) is 0 Å². The summed E-state index contributed by atoms with van der Waals surface area (Å²) in [6.07, 6.45) is 3.63. The third kappa shape index (κ3) is 5.91. The van der Waals surface area contributed by atoms with E-state index in [9.17, 15) is 9.59 Å². The van der Waals surface area contributed by atoms with Crippen molar-refractivity contribution in [3.05, 3.63) is 59.9 Å². The van der Waals surface area contributed by atoms with E-state index >= 15 is 0 Å². The van der Waals surface area contributed by atoms with Crippen LogP contribution in [0.1, 0.15) is 55.3 Å². The number of rotatable bonds is 9. The van der Waals surface area contributed by atoms with Gasteiger partial charge in [0.2, 0.25) is 5.91 Å². The van der Waals surface area contributed by atoms with Crippen LogP contribution in [0.4, 0.5) is 5.69 Å². The number of ether oxygens (including phenoxy) is 1. The van der Waals surface area contributed by atoms with Gasteiger partial charge in [-0.15, -0.1) is 10.2 Å². The second kappa shape index (κ2) is 11.5. The van der Waals surface area contributed by atoms with Crippen LogP contribution in [0, 0.1) is 0 Å². The van der Waals surface area contributed by atoms with E-state index < -0.39 is 0 Å². The van der Waals surface area contributed by atoms with Crippen molar-refractivity contribution < 1.29 is 14.3 Å². The van der Waals surface area contributed by atoms with E-state index in [0.717, 1.165) is 30.4 Å². The van der Waals surface area contributed by atoms with Gasteiger partial charge in [0.15, 0.2) is 16.8 Å². The van der Waals surface area contributed by atoms with Gasteiger partial charge in [-0.3, -0.25) is 19.1 Å². The molecule has 0 spiro atoms. The molecule has 0 saturated carbocycles. The van der Waals surface area contributed by atoms with Gasteiger partial charge in [0.05, 0.1) is 24.6 Å². The quantitative estimate of drug-likeness (QED) is 0.340. The van der Waals surface area contributed by atoms with E-state index in [1.54, 1.807) is 31.4 Å². The highest BCUT2D eigenvalue weighted by atomic mass is 32.2. The van der Waals surface area contributed by atoms with E-state index in [1.807, 2.05) is 28.8 Å². The zero-order valence-corrected chi connectivity index (χ0v) is 21.2. The largest absolute Gasteiger partial charge is 0.497 e. The molecule has 1 aliphatic heterocycles. The third-order valence-electron chi connectivity index (χ3n) is 6.21. The first-order chi connectivity index (χ1) is 17.0. The summed E-state index contributed by atoms with van der Waals surface area (Å²) in [5.41, 5.74) is 1.92. The molecule has 1 atom stereocenters. The molecule has 8 nitrogen and oxygen atoms in total. The van der Waals surface area contributed by atoms with Gasteiger partial charge < -0.3 is 10.1 Å². The molecule has 184 valence electrons. The lowest BCUT2D eigenvalue weighted by molar-refractivity contribution is -0.113. The predicted octanol–water partition coefficient (Wildman–Crippen LogP) is 4.76. The Kier molecular flexibility index (Phi) is 8.20. The molecule has 2 heterocycles. The summed E-state index contributed by atoms with van der Waals surface area (Å²) in [6.45, 7) is 5.73. The number of hydrogen-bond acceptors (Lipinski definition) is 7. The summed E-state index contributed by atoms with van der Waals surface area (Å²) in [5, 5.41) is 12.5. The first kappa shape index (κ1) is 24.9. The van der Waals surface area contributed by atoms with E-state index in [4.69, 9.17) is 4.74 Å². The minimum Gasteiger partial charge on any atom is -0.497 e. The number of likely N-dealkylation sites (tertiary alicyclic amines) is 1. The standard InChI is InChI=1S/C26H31N5O3S/c1-18(30-15-7-4-8-16-30)25-28-29-26(31(25)20-11-13-21(34-3)14-12-20)35-17-24(33)27-23-10-6-5-9-22(23)19(2)32/h5-6,9-14,18H,4,7-8,15-17H2,1-3H3,(H,27,33). The SMILES string of the molecule is COc1ccc(-n2c(SCC(=O)Nc3ccccc3C(C)=O)nnc2C(C)N2CCCCC2)cc1. The van der Waals surface area contributed by atoms with Gasteiger partial charge in [-0.25, -0.2) is 0 Å². The highest BCUT2D eigenvalue weighted by Gasteiger charge is 2.26. The van der Waals surface area contributed by atoms with Crippen LogP contribution in [0.25, 0.3) is 5.69 Å². The molecule has 4 rings (SSSR count). The third-order valence-corrected chi connectivity index (χ3v) is 7.14. The van der Waals surface area contributed by atoms with Crippen molar-refractivity contribution >= 4 is 29.1 Å². The second-order valence-corrected chi connectivity index (χ2v) is 9.53. The Morgan fingerprint density at radius 1 is 1.06 bits per heavy atom. The van der Waals surface area contributed by atoms with Crippen molar-refractivity contribution in [3.8, 4) is 11.4 Å². The summed E-state index contributed by atoms with van der Waals surface area (Å²) in [6, 6.07) is 14.9. The van der Waals surface area contributed by atoms with E-state index in [1.165, 1.54) is 37.9 Å². The number of hydrogen-bond donors (Lipinski definition) is 1. The van der Waals surface area contributed by atoms with Crippen molar-refractivity contribution in [1.82, 2.24) is 19.7 Å². The average molecular weight is 494 g/mol. The van der Waals surface area contributed by atoms with Crippen LogP contribution in [0.15, 0.2) is 53.7 Å². The number of Topliss-reactive ketones (excluding diaryl/α,β-unsaturated/α-hetero) is 1. The second-order valence-electron chi connectivity index (χ2n) is 8.59. The zero-order chi connectivity index (χ0) is 24.8. The number of thioether (sulfide) groups is 1. The van der Waals surface area contributed by atoms with Crippen molar-refractivity contribution in [3.63, 3.8) is 0 Å². The van der Waals surface area contributed by atoms with Crippen LogP contribution < -0.4 is 10.1 Å². The number of carbonyl (C=O) groups excluding carboxylic acids is 2. The van der Waals surface area contributed by atoms with Gasteiger partial charge >= 0.3 is 0 Å². The summed E-state index contributed by atoms with van der Waals surface area (Å²) in [7, 11) is 1.64. The maximum Gasteiger partial charge on any atom is 0.234 e.